The molecule has 1 amide bonds. The first-order chi connectivity index (χ1) is 16.3. The topological polar surface area (TPSA) is 104 Å². The number of carbonyl (C=O) groups excluding carboxylic acids is 1. The van der Waals surface area contributed by atoms with Gasteiger partial charge in [-0.1, -0.05) is 0 Å². The third kappa shape index (κ3) is 5.43. The molecule has 0 fully saturated rings. The van der Waals surface area contributed by atoms with E-state index in [1.807, 2.05) is 54.2 Å². The Balaban J connectivity index is 1.90. The number of nitrogens with zero attached hydrogens (tertiary/aromatic N) is 3. The predicted molar refractivity (Wildman–Crippen MR) is 134 cm³/mol. The van der Waals surface area contributed by atoms with Gasteiger partial charge in [0.2, 0.25) is 5.91 Å². The molecule has 0 unspecified atom stereocenters. The fourth-order valence-electron chi connectivity index (χ4n) is 4.15. The van der Waals surface area contributed by atoms with Gasteiger partial charge in [0.1, 0.15) is 17.0 Å². The van der Waals surface area contributed by atoms with E-state index in [0.29, 0.717) is 36.6 Å². The van der Waals surface area contributed by atoms with Crippen molar-refractivity contribution in [3.63, 3.8) is 0 Å². The van der Waals surface area contributed by atoms with E-state index in [1.54, 1.807) is 25.8 Å². The highest BCUT2D eigenvalue weighted by Crippen LogP contribution is 2.37. The van der Waals surface area contributed by atoms with Gasteiger partial charge in [0.15, 0.2) is 0 Å². The zero-order chi connectivity index (χ0) is 24.8. The molecule has 0 radical (unpaired) electrons. The molecule has 9 nitrogen and oxygen atoms in total. The number of aromatic nitrogens is 2. The molecule has 9 heteroatoms. The van der Waals surface area contributed by atoms with E-state index >= 15 is 0 Å². The van der Waals surface area contributed by atoms with Gasteiger partial charge in [-0.2, -0.15) is 0 Å². The lowest BCUT2D eigenvalue weighted by atomic mass is 10.00. The second kappa shape index (κ2) is 11.2. The number of hydrogen-bond acceptors (Lipinski definition) is 6. The fourth-order valence-corrected chi connectivity index (χ4v) is 4.15. The minimum atomic E-state index is -0.0512. The molecular weight excluding hydrogens is 434 g/mol. The Kier molecular flexibility index (Phi) is 8.36. The number of pyridine rings is 1. The van der Waals surface area contributed by atoms with Gasteiger partial charge in [0.25, 0.3) is 5.56 Å². The van der Waals surface area contributed by atoms with Crippen LogP contribution in [-0.4, -0.2) is 60.8 Å². The van der Waals surface area contributed by atoms with Gasteiger partial charge in [-0.05, 0) is 50.2 Å². The summed E-state index contributed by atoms with van der Waals surface area (Å²) in [6.45, 7) is 1.97. The number of nitrogens with two attached hydrogens (primary N) is 1. The van der Waals surface area contributed by atoms with Gasteiger partial charge in [-0.25, -0.2) is 0 Å². The zero-order valence-corrected chi connectivity index (χ0v) is 20.7. The summed E-state index contributed by atoms with van der Waals surface area (Å²) in [5.74, 6) is 1.27. The van der Waals surface area contributed by atoms with Gasteiger partial charge in [-0.15, -0.1) is 0 Å². The number of methoxy groups -OCH3 is 2. The maximum Gasteiger partial charge on any atom is 0.274 e. The molecule has 0 aliphatic rings. The van der Waals surface area contributed by atoms with Gasteiger partial charge in [-0.3, -0.25) is 14.5 Å². The quantitative estimate of drug-likeness (QED) is 0.416. The Morgan fingerprint density at radius 2 is 1.79 bits per heavy atom. The molecule has 0 saturated heterocycles. The van der Waals surface area contributed by atoms with Crippen molar-refractivity contribution < 1.29 is 14.3 Å². The third-order valence-electron chi connectivity index (χ3n) is 5.92. The van der Waals surface area contributed by atoms with Crippen molar-refractivity contribution in [1.82, 2.24) is 19.4 Å². The van der Waals surface area contributed by atoms with Crippen LogP contribution in [0.3, 0.4) is 0 Å². The molecule has 3 N–H and O–H groups in total. The number of aryl methyl sites for hydroxylation is 2. The number of unbranched alkanes of at least 4 members (excludes halogenated alkanes) is 1. The molecule has 0 aliphatic heterocycles. The molecule has 0 aliphatic carbocycles. The molecule has 3 rings (SSSR count). The molecule has 2 heterocycles. The number of hydrogen-bond donors (Lipinski definition) is 2. The Bertz CT molecular complexity index is 1190. The molecule has 0 atom stereocenters. The molecule has 2 aromatic heterocycles. The van der Waals surface area contributed by atoms with E-state index < -0.39 is 0 Å². The van der Waals surface area contributed by atoms with Gasteiger partial charge in [0, 0.05) is 50.5 Å². The maximum atomic E-state index is 12.7. The maximum absolute atomic E-state index is 12.7. The lowest BCUT2D eigenvalue weighted by Gasteiger charge is -2.21. The number of rotatable bonds is 11. The molecule has 184 valence electrons. The fraction of sp³-hybridized carbons (Fsp3) is 0.440. The monoisotopic (exact) mass is 469 g/mol. The van der Waals surface area contributed by atoms with Crippen molar-refractivity contribution in [1.29, 1.82) is 0 Å². The van der Waals surface area contributed by atoms with Crippen LogP contribution in [0.1, 0.15) is 18.4 Å². The van der Waals surface area contributed by atoms with E-state index in [0.717, 1.165) is 34.9 Å². The Labute approximate surface area is 200 Å². The lowest BCUT2D eigenvalue weighted by molar-refractivity contribution is -0.122. The minimum absolute atomic E-state index is 0.0363. The van der Waals surface area contributed by atoms with Crippen LogP contribution >= 0.6 is 0 Å². The first kappa shape index (κ1) is 25.3. The van der Waals surface area contributed by atoms with Crippen molar-refractivity contribution in [2.45, 2.75) is 19.4 Å². The third-order valence-corrected chi connectivity index (χ3v) is 5.92. The number of amides is 1. The van der Waals surface area contributed by atoms with Gasteiger partial charge in [0.05, 0.1) is 26.3 Å². The molecule has 0 spiro atoms. The minimum Gasteiger partial charge on any atom is -0.496 e. The van der Waals surface area contributed by atoms with Crippen LogP contribution in [0.25, 0.3) is 22.0 Å². The summed E-state index contributed by atoms with van der Waals surface area (Å²) in [5.41, 5.74) is 8.72. The first-order valence-electron chi connectivity index (χ1n) is 11.4. The van der Waals surface area contributed by atoms with Crippen LogP contribution in [0.4, 0.5) is 0 Å². The molecule has 1 aromatic carbocycles. The van der Waals surface area contributed by atoms with Crippen LogP contribution in [0, 0.1) is 0 Å². The lowest BCUT2D eigenvalue weighted by Crippen LogP contribution is -2.35. The van der Waals surface area contributed by atoms with E-state index in [1.165, 1.54) is 0 Å². The Hall–Kier alpha value is -3.30. The van der Waals surface area contributed by atoms with E-state index in [4.69, 9.17) is 15.2 Å². The second-order valence-electron chi connectivity index (χ2n) is 8.53. The van der Waals surface area contributed by atoms with Gasteiger partial charge < -0.3 is 29.7 Å². The smallest absolute Gasteiger partial charge is 0.274 e. The van der Waals surface area contributed by atoms with Crippen molar-refractivity contribution in [3.8, 4) is 22.6 Å². The Morgan fingerprint density at radius 3 is 2.41 bits per heavy atom. The van der Waals surface area contributed by atoms with Crippen LogP contribution < -0.4 is 26.1 Å². The van der Waals surface area contributed by atoms with Crippen molar-refractivity contribution in [2.75, 3.05) is 40.9 Å². The molecule has 0 bridgehead atoms. The van der Waals surface area contributed by atoms with Crippen molar-refractivity contribution >= 4 is 16.8 Å². The number of likely N-dealkylation sites (N-methyl/N-ethyl adjacent to an activating group) is 1. The van der Waals surface area contributed by atoms with Crippen LogP contribution in [0.5, 0.6) is 11.5 Å². The number of fused-ring (bicyclic) bond motifs is 1. The largest absolute Gasteiger partial charge is 0.496 e. The summed E-state index contributed by atoms with van der Waals surface area (Å²) in [6, 6.07) is 5.84. The molecule has 3 aromatic rings. The summed E-state index contributed by atoms with van der Waals surface area (Å²) < 4.78 is 14.9. The predicted octanol–water partition coefficient (Wildman–Crippen LogP) is 1.85. The number of benzene rings is 1. The summed E-state index contributed by atoms with van der Waals surface area (Å²) in [5, 5.41) is 3.79. The van der Waals surface area contributed by atoms with Crippen molar-refractivity contribution in [2.24, 2.45) is 19.8 Å². The summed E-state index contributed by atoms with van der Waals surface area (Å²) in [7, 11) is 8.72. The Morgan fingerprint density at radius 1 is 1.12 bits per heavy atom. The van der Waals surface area contributed by atoms with E-state index in [9.17, 15) is 9.59 Å². The molecule has 34 heavy (non-hydrogen) atoms. The van der Waals surface area contributed by atoms with Crippen LogP contribution in [0.15, 0.2) is 35.4 Å². The SMILES string of the molecule is COc1cc(-c2cn(C)c(=O)c3c2ccn3C)cc(OC)c1CN(C)CC(=O)NCCCCN. The van der Waals surface area contributed by atoms with E-state index in [2.05, 4.69) is 5.32 Å². The standard InChI is InChI=1S/C25H35N5O4/c1-28(16-23(31)27-10-7-6-9-26)14-20-21(33-4)12-17(13-22(20)34-5)19-15-30(3)25(32)24-18(19)8-11-29(24)2/h8,11-13,15H,6-7,9-10,14,16,26H2,1-5H3,(H,27,31). The average molecular weight is 470 g/mol. The number of ether oxygens (including phenoxy) is 2. The highest BCUT2D eigenvalue weighted by molar-refractivity contribution is 5.95. The average Bonchev–Trinajstić information content (AvgIpc) is 3.20. The highest BCUT2D eigenvalue weighted by Gasteiger charge is 2.19. The second-order valence-corrected chi connectivity index (χ2v) is 8.53. The highest BCUT2D eigenvalue weighted by atomic mass is 16.5. The summed E-state index contributed by atoms with van der Waals surface area (Å²) in [6.07, 6.45) is 5.48. The van der Waals surface area contributed by atoms with E-state index in [-0.39, 0.29) is 18.0 Å². The number of nitrogens with one attached hydrogen (secondary N) is 1. The normalized spacial score (nSPS) is 11.3. The zero-order valence-electron chi connectivity index (χ0n) is 20.7. The van der Waals surface area contributed by atoms with Crippen molar-refractivity contribution in [3.05, 3.63) is 46.5 Å². The summed E-state index contributed by atoms with van der Waals surface area (Å²) >= 11 is 0. The molecular formula is C25H35N5O4. The first-order valence-corrected chi connectivity index (χ1v) is 11.4. The van der Waals surface area contributed by atoms with Crippen LogP contribution in [0.2, 0.25) is 0 Å². The number of carbonyl (C=O) groups is 1. The van der Waals surface area contributed by atoms with Crippen LogP contribution in [-0.2, 0) is 25.4 Å². The molecule has 0 saturated carbocycles. The summed E-state index contributed by atoms with van der Waals surface area (Å²) in [4.78, 5) is 26.8. The van der Waals surface area contributed by atoms with Gasteiger partial charge >= 0.3 is 0 Å².